The number of hydrogen-bond donors (Lipinski definition) is 1. The van der Waals surface area contributed by atoms with Gasteiger partial charge >= 0.3 is 0 Å². The number of ether oxygens (including phenoxy) is 1. The molecule has 0 heterocycles. The molecular weight excluding hydrogens is 519 g/mol. The van der Waals surface area contributed by atoms with Gasteiger partial charge < -0.3 is 15.0 Å². The van der Waals surface area contributed by atoms with E-state index in [0.29, 0.717) is 27.8 Å². The van der Waals surface area contributed by atoms with E-state index >= 15 is 0 Å². The Labute approximate surface area is 236 Å². The molecule has 2 amide bonds. The van der Waals surface area contributed by atoms with Gasteiger partial charge in [-0.1, -0.05) is 91.6 Å². The largest absolute Gasteiger partial charge is 0.483 e. The van der Waals surface area contributed by atoms with Crippen LogP contribution in [0.25, 0.3) is 0 Å². The number of benzene rings is 3. The first kappa shape index (κ1) is 29.5. The van der Waals surface area contributed by atoms with Crippen molar-refractivity contribution in [1.82, 2.24) is 10.2 Å². The number of rotatable bonds is 10. The lowest BCUT2D eigenvalue weighted by atomic mass is 10.0. The zero-order valence-electron chi connectivity index (χ0n) is 22.6. The van der Waals surface area contributed by atoms with Crippen molar-refractivity contribution in [3.05, 3.63) is 99.5 Å². The molecule has 0 saturated carbocycles. The third-order valence-corrected chi connectivity index (χ3v) is 6.60. The molecule has 0 aromatic heterocycles. The van der Waals surface area contributed by atoms with Gasteiger partial charge in [-0.05, 0) is 61.6 Å². The summed E-state index contributed by atoms with van der Waals surface area (Å²) < 4.78 is 6.03. The van der Waals surface area contributed by atoms with Crippen molar-refractivity contribution in [2.45, 2.75) is 65.1 Å². The van der Waals surface area contributed by atoms with Crippen molar-refractivity contribution >= 4 is 35.0 Å². The molecule has 202 valence electrons. The van der Waals surface area contributed by atoms with Crippen LogP contribution in [0.2, 0.25) is 10.0 Å². The lowest BCUT2D eigenvalue weighted by Crippen LogP contribution is -2.55. The second-order valence-electron chi connectivity index (χ2n) is 10.7. The van der Waals surface area contributed by atoms with Crippen molar-refractivity contribution in [2.75, 3.05) is 6.61 Å². The molecule has 0 aliphatic heterocycles. The highest BCUT2D eigenvalue weighted by molar-refractivity contribution is 6.35. The van der Waals surface area contributed by atoms with Crippen molar-refractivity contribution < 1.29 is 14.3 Å². The Hall–Kier alpha value is -3.02. The molecule has 0 bridgehead atoms. The zero-order chi connectivity index (χ0) is 27.9. The van der Waals surface area contributed by atoms with Crippen molar-refractivity contribution in [1.29, 1.82) is 0 Å². The molecule has 7 heteroatoms. The monoisotopic (exact) mass is 554 g/mol. The Morgan fingerprint density at radius 1 is 0.947 bits per heavy atom. The van der Waals surface area contributed by atoms with Gasteiger partial charge in [-0.25, -0.2) is 0 Å². The third kappa shape index (κ3) is 8.50. The van der Waals surface area contributed by atoms with E-state index < -0.39 is 11.6 Å². The number of carbonyl (C=O) groups excluding carboxylic acids is 2. The number of halogens is 2. The standard InChI is InChI=1S/C31H36Cl2N2O3/c1-21(2)25-13-9-10-14-28(25)38-20-29(36)35(19-23-15-16-24(32)18-26(23)33)27(30(37)34-31(3,4)5)17-22-11-7-6-8-12-22/h6-16,18,21,27H,17,19-20H2,1-5H3,(H,34,37)/t27-/m1/s1. The maximum atomic E-state index is 13.8. The molecule has 0 saturated heterocycles. The summed E-state index contributed by atoms with van der Waals surface area (Å²) in [6.07, 6.45) is 0.336. The summed E-state index contributed by atoms with van der Waals surface area (Å²) in [5.74, 6) is 0.315. The smallest absolute Gasteiger partial charge is 0.261 e. The van der Waals surface area contributed by atoms with Crippen LogP contribution in [0.1, 0.15) is 57.2 Å². The van der Waals surface area contributed by atoms with Crippen LogP contribution in [-0.4, -0.2) is 34.9 Å². The van der Waals surface area contributed by atoms with E-state index in [4.69, 9.17) is 27.9 Å². The summed E-state index contributed by atoms with van der Waals surface area (Å²) in [6.45, 7) is 9.80. The van der Waals surface area contributed by atoms with Crippen LogP contribution in [0.5, 0.6) is 5.75 Å². The van der Waals surface area contributed by atoms with Gasteiger partial charge in [0.1, 0.15) is 11.8 Å². The first-order valence-corrected chi connectivity index (χ1v) is 13.5. The van der Waals surface area contributed by atoms with Crippen molar-refractivity contribution in [3.8, 4) is 5.75 Å². The molecule has 0 aliphatic rings. The molecule has 3 aromatic rings. The average Bonchev–Trinajstić information content (AvgIpc) is 2.85. The van der Waals surface area contributed by atoms with Crippen LogP contribution in [0.4, 0.5) is 0 Å². The lowest BCUT2D eigenvalue weighted by molar-refractivity contribution is -0.143. The predicted octanol–water partition coefficient (Wildman–Crippen LogP) is 7.05. The molecule has 0 aliphatic carbocycles. The number of carbonyl (C=O) groups is 2. The highest BCUT2D eigenvalue weighted by Gasteiger charge is 2.33. The molecule has 0 spiro atoms. The van der Waals surface area contributed by atoms with E-state index in [1.807, 2.05) is 75.4 Å². The van der Waals surface area contributed by atoms with E-state index in [0.717, 1.165) is 11.1 Å². The minimum absolute atomic E-state index is 0.124. The average molecular weight is 556 g/mol. The Balaban J connectivity index is 1.98. The van der Waals surface area contributed by atoms with Crippen LogP contribution in [0.15, 0.2) is 72.8 Å². The van der Waals surface area contributed by atoms with Gasteiger partial charge in [-0.15, -0.1) is 0 Å². The Bertz CT molecular complexity index is 1240. The Kier molecular flexibility index (Phi) is 10.2. The van der Waals surface area contributed by atoms with Gasteiger partial charge in [0.05, 0.1) is 0 Å². The summed E-state index contributed by atoms with van der Waals surface area (Å²) in [6, 6.07) is 21.7. The van der Waals surface area contributed by atoms with Crippen LogP contribution in [0, 0.1) is 0 Å². The predicted molar refractivity (Wildman–Crippen MR) is 155 cm³/mol. The fraction of sp³-hybridized carbons (Fsp3) is 0.355. The summed E-state index contributed by atoms with van der Waals surface area (Å²) in [7, 11) is 0. The molecule has 0 radical (unpaired) electrons. The molecule has 0 fully saturated rings. The third-order valence-electron chi connectivity index (χ3n) is 6.02. The molecular formula is C31H36Cl2N2O3. The highest BCUT2D eigenvalue weighted by atomic mass is 35.5. The van der Waals surface area contributed by atoms with Crippen LogP contribution in [0.3, 0.4) is 0 Å². The SMILES string of the molecule is CC(C)c1ccccc1OCC(=O)N(Cc1ccc(Cl)cc1Cl)[C@H](Cc1ccccc1)C(=O)NC(C)(C)C. The molecule has 5 nitrogen and oxygen atoms in total. The second-order valence-corrected chi connectivity index (χ2v) is 11.5. The fourth-order valence-electron chi connectivity index (χ4n) is 4.15. The fourth-order valence-corrected chi connectivity index (χ4v) is 4.62. The second kappa shape index (κ2) is 13.2. The Morgan fingerprint density at radius 2 is 1.61 bits per heavy atom. The number of amides is 2. The van der Waals surface area contributed by atoms with Gasteiger partial charge in [-0.2, -0.15) is 0 Å². The zero-order valence-corrected chi connectivity index (χ0v) is 24.1. The Morgan fingerprint density at radius 3 is 2.24 bits per heavy atom. The van der Waals surface area contributed by atoms with E-state index in [1.165, 1.54) is 0 Å². The van der Waals surface area contributed by atoms with Gasteiger partial charge in [0.2, 0.25) is 5.91 Å². The van der Waals surface area contributed by atoms with Crippen LogP contribution in [-0.2, 0) is 22.6 Å². The van der Waals surface area contributed by atoms with E-state index in [9.17, 15) is 9.59 Å². The topological polar surface area (TPSA) is 58.6 Å². The molecule has 3 aromatic carbocycles. The number of nitrogens with one attached hydrogen (secondary N) is 1. The summed E-state index contributed by atoms with van der Waals surface area (Å²) in [5, 5.41) is 3.98. The van der Waals surface area contributed by atoms with Gasteiger partial charge in [-0.3, -0.25) is 9.59 Å². The quantitative estimate of drug-likeness (QED) is 0.292. The first-order valence-electron chi connectivity index (χ1n) is 12.8. The number of para-hydroxylation sites is 1. The molecule has 38 heavy (non-hydrogen) atoms. The lowest BCUT2D eigenvalue weighted by Gasteiger charge is -2.34. The molecule has 1 atom stereocenters. The van der Waals surface area contributed by atoms with Gasteiger partial charge in [0.15, 0.2) is 6.61 Å². The van der Waals surface area contributed by atoms with E-state index in [1.54, 1.807) is 23.1 Å². The van der Waals surface area contributed by atoms with Gasteiger partial charge in [0, 0.05) is 28.5 Å². The first-order chi connectivity index (χ1) is 17.9. The van der Waals surface area contributed by atoms with Crippen molar-refractivity contribution in [3.63, 3.8) is 0 Å². The number of hydrogen-bond acceptors (Lipinski definition) is 3. The maximum absolute atomic E-state index is 13.8. The number of nitrogens with zero attached hydrogens (tertiary/aromatic N) is 1. The van der Waals surface area contributed by atoms with Gasteiger partial charge in [0.25, 0.3) is 5.91 Å². The maximum Gasteiger partial charge on any atom is 0.261 e. The summed E-state index contributed by atoms with van der Waals surface area (Å²) in [4.78, 5) is 29.0. The van der Waals surface area contributed by atoms with Crippen molar-refractivity contribution in [2.24, 2.45) is 0 Å². The minimum atomic E-state index is -0.792. The summed E-state index contributed by atoms with van der Waals surface area (Å²) >= 11 is 12.6. The van der Waals surface area contributed by atoms with E-state index in [2.05, 4.69) is 19.2 Å². The normalized spacial score (nSPS) is 12.2. The minimum Gasteiger partial charge on any atom is -0.483 e. The summed E-state index contributed by atoms with van der Waals surface area (Å²) in [5.41, 5.74) is 2.16. The molecule has 0 unspecified atom stereocenters. The van der Waals surface area contributed by atoms with E-state index in [-0.39, 0.29) is 30.9 Å². The highest BCUT2D eigenvalue weighted by Crippen LogP contribution is 2.27. The van der Waals surface area contributed by atoms with Crippen LogP contribution < -0.4 is 10.1 Å². The molecule has 3 rings (SSSR count). The molecule has 1 N–H and O–H groups in total. The van der Waals surface area contributed by atoms with Crippen LogP contribution >= 0.6 is 23.2 Å².